The van der Waals surface area contributed by atoms with E-state index in [0.29, 0.717) is 17.5 Å². The van der Waals surface area contributed by atoms with Crippen LogP contribution in [0.3, 0.4) is 0 Å². The quantitative estimate of drug-likeness (QED) is 0.351. The second-order valence-electron chi connectivity index (χ2n) is 8.56. The average Bonchev–Trinajstić information content (AvgIpc) is 3.51. The molecule has 3 N–H and O–H groups in total. The van der Waals surface area contributed by atoms with Crippen molar-refractivity contribution in [3.8, 4) is 0 Å². The number of amidine groups is 1. The maximum atomic E-state index is 13.0. The third kappa shape index (κ3) is 4.93. The van der Waals surface area contributed by atoms with E-state index in [-0.39, 0.29) is 23.6 Å². The highest BCUT2D eigenvalue weighted by Crippen LogP contribution is 2.44. The van der Waals surface area contributed by atoms with Crippen molar-refractivity contribution in [3.05, 3.63) is 23.4 Å². The molecule has 0 aromatic carbocycles. The molecule has 1 unspecified atom stereocenters. The Morgan fingerprint density at radius 3 is 2.50 bits per heavy atom. The summed E-state index contributed by atoms with van der Waals surface area (Å²) in [5.41, 5.74) is 0.737. The maximum Gasteiger partial charge on any atom is 0.270 e. The molecule has 1 aromatic heterocycles. The van der Waals surface area contributed by atoms with E-state index in [1.54, 1.807) is 17.8 Å². The summed E-state index contributed by atoms with van der Waals surface area (Å²) in [7, 11) is 0. The molecule has 1 heterocycles. The Kier molecular flexibility index (Phi) is 6.12. The van der Waals surface area contributed by atoms with E-state index < -0.39 is 5.54 Å². The van der Waals surface area contributed by atoms with E-state index in [9.17, 15) is 9.59 Å². The molecule has 2 amide bonds. The number of amides is 2. The number of rotatable bonds is 8. The Morgan fingerprint density at radius 1 is 1.29 bits per heavy atom. The first kappa shape index (κ1) is 20.8. The molecule has 1 atom stereocenters. The molecule has 2 aliphatic rings. The van der Waals surface area contributed by atoms with E-state index in [2.05, 4.69) is 29.5 Å². The van der Waals surface area contributed by atoms with Gasteiger partial charge in [-0.2, -0.15) is 0 Å². The fourth-order valence-electron chi connectivity index (χ4n) is 3.28. The summed E-state index contributed by atoms with van der Waals surface area (Å²) in [5, 5.41) is 14.8. The monoisotopic (exact) mass is 402 g/mol. The van der Waals surface area contributed by atoms with Crippen molar-refractivity contribution in [1.29, 1.82) is 5.41 Å². The lowest BCUT2D eigenvalue weighted by molar-refractivity contribution is -0.117. The first-order valence-electron chi connectivity index (χ1n) is 10.0. The van der Waals surface area contributed by atoms with Crippen LogP contribution in [0.2, 0.25) is 0 Å². The van der Waals surface area contributed by atoms with E-state index in [1.807, 2.05) is 13.0 Å². The van der Waals surface area contributed by atoms with Crippen LogP contribution in [-0.2, 0) is 4.79 Å². The molecule has 6 nitrogen and oxygen atoms in total. The lowest BCUT2D eigenvalue weighted by atomic mass is 9.93. The fraction of sp³-hybridized carbons (Fsp3) is 0.619. The van der Waals surface area contributed by atoms with Crippen LogP contribution in [0.1, 0.15) is 75.3 Å². The maximum absolute atomic E-state index is 13.0. The molecule has 7 heteroatoms. The van der Waals surface area contributed by atoms with Gasteiger partial charge in [0.2, 0.25) is 5.91 Å². The number of thioether (sulfide) groups is 1. The van der Waals surface area contributed by atoms with Crippen LogP contribution in [0.5, 0.6) is 0 Å². The summed E-state index contributed by atoms with van der Waals surface area (Å²) < 4.78 is 0. The van der Waals surface area contributed by atoms with Gasteiger partial charge >= 0.3 is 0 Å². The van der Waals surface area contributed by atoms with Gasteiger partial charge in [-0.15, -0.1) is 11.8 Å². The lowest BCUT2D eigenvalue weighted by Crippen LogP contribution is -2.59. The van der Waals surface area contributed by atoms with Crippen LogP contribution in [0.15, 0.2) is 17.2 Å². The molecular formula is C21H30N4O2S. The summed E-state index contributed by atoms with van der Waals surface area (Å²) >= 11 is 1.72. The molecule has 0 spiro atoms. The zero-order valence-electron chi connectivity index (χ0n) is 17.1. The Hall–Kier alpha value is -1.89. The predicted molar refractivity (Wildman–Crippen MR) is 112 cm³/mol. The summed E-state index contributed by atoms with van der Waals surface area (Å²) in [4.78, 5) is 29.1. The Labute approximate surface area is 171 Å². The second-order valence-corrected chi connectivity index (χ2v) is 9.57. The van der Waals surface area contributed by atoms with Crippen LogP contribution < -0.4 is 10.6 Å². The van der Waals surface area contributed by atoms with Crippen molar-refractivity contribution >= 4 is 29.4 Å². The van der Waals surface area contributed by atoms with Crippen LogP contribution in [-0.4, -0.2) is 33.9 Å². The van der Waals surface area contributed by atoms with Crippen molar-refractivity contribution in [3.63, 3.8) is 0 Å². The van der Waals surface area contributed by atoms with E-state index in [1.165, 1.54) is 25.3 Å². The van der Waals surface area contributed by atoms with Crippen molar-refractivity contribution < 1.29 is 9.59 Å². The average molecular weight is 403 g/mol. The van der Waals surface area contributed by atoms with Gasteiger partial charge < -0.3 is 10.6 Å². The molecule has 152 valence electrons. The van der Waals surface area contributed by atoms with Crippen LogP contribution in [0, 0.1) is 17.2 Å². The van der Waals surface area contributed by atoms with Gasteiger partial charge in [-0.1, -0.05) is 19.9 Å². The number of nitrogens with one attached hydrogen (secondary N) is 3. The molecule has 2 fully saturated rings. The summed E-state index contributed by atoms with van der Waals surface area (Å²) in [6, 6.07) is 3.83. The largest absolute Gasteiger partial charge is 0.338 e. The standard InChI is InChI=1S/C21H30N4O2S/c1-12(2)11-28-19-16(14-5-6-14)9-10-17(24-19)18(27)25-21(4,15-7-8-15)20(22)23-13(3)26/h9-10,12,14-15H,5-8,11H2,1-4H3,(H,25,27)(H2,22,23,26). The highest BCUT2D eigenvalue weighted by molar-refractivity contribution is 7.99. The number of pyridine rings is 1. The second kappa shape index (κ2) is 8.23. The van der Waals surface area contributed by atoms with Crippen LogP contribution in [0.25, 0.3) is 0 Å². The van der Waals surface area contributed by atoms with Gasteiger partial charge in [-0.05, 0) is 62.0 Å². The van der Waals surface area contributed by atoms with E-state index >= 15 is 0 Å². The minimum atomic E-state index is -0.884. The first-order chi connectivity index (χ1) is 13.2. The molecular weight excluding hydrogens is 372 g/mol. The van der Waals surface area contributed by atoms with Gasteiger partial charge in [0.05, 0.1) is 5.54 Å². The summed E-state index contributed by atoms with van der Waals surface area (Å²) in [5.74, 6) is 1.70. The molecule has 1 aromatic rings. The third-order valence-corrected chi connectivity index (χ3v) is 6.71. The van der Waals surface area contributed by atoms with Crippen molar-refractivity contribution in [2.75, 3.05) is 5.75 Å². The van der Waals surface area contributed by atoms with E-state index in [4.69, 9.17) is 5.41 Å². The third-order valence-electron chi connectivity index (χ3n) is 5.28. The Balaban J connectivity index is 1.79. The Morgan fingerprint density at radius 2 is 1.96 bits per heavy atom. The van der Waals surface area contributed by atoms with Gasteiger partial charge in [0.1, 0.15) is 16.6 Å². The van der Waals surface area contributed by atoms with Gasteiger partial charge in [-0.3, -0.25) is 15.0 Å². The molecule has 0 radical (unpaired) electrons. The minimum Gasteiger partial charge on any atom is -0.338 e. The molecule has 28 heavy (non-hydrogen) atoms. The summed E-state index contributed by atoms with van der Waals surface area (Å²) in [6.45, 7) is 7.54. The van der Waals surface area contributed by atoms with E-state index in [0.717, 1.165) is 23.6 Å². The molecule has 0 aliphatic heterocycles. The number of hydrogen-bond donors (Lipinski definition) is 3. The minimum absolute atomic E-state index is 0.0415. The molecule has 2 aliphatic carbocycles. The summed E-state index contributed by atoms with van der Waals surface area (Å²) in [6.07, 6.45) is 4.25. The van der Waals surface area contributed by atoms with Crippen molar-refractivity contribution in [2.45, 2.75) is 69.9 Å². The number of nitrogens with zero attached hydrogens (tertiary/aromatic N) is 1. The zero-order chi connectivity index (χ0) is 20.5. The highest BCUT2D eigenvalue weighted by Gasteiger charge is 2.46. The number of hydrogen-bond acceptors (Lipinski definition) is 5. The highest BCUT2D eigenvalue weighted by atomic mass is 32.2. The number of carbonyl (C=O) groups excluding carboxylic acids is 2. The first-order valence-corrected chi connectivity index (χ1v) is 11.0. The van der Waals surface area contributed by atoms with Gasteiger partial charge in [0.15, 0.2) is 0 Å². The van der Waals surface area contributed by atoms with Crippen LogP contribution >= 0.6 is 11.8 Å². The molecule has 0 bridgehead atoms. The smallest absolute Gasteiger partial charge is 0.270 e. The van der Waals surface area contributed by atoms with Gasteiger partial charge in [0, 0.05) is 12.7 Å². The van der Waals surface area contributed by atoms with Crippen molar-refractivity contribution in [1.82, 2.24) is 15.6 Å². The SMILES string of the molecule is CC(=O)NC(=N)C(C)(NC(=O)c1ccc(C2CC2)c(SCC(C)C)n1)C1CC1. The van der Waals surface area contributed by atoms with Gasteiger partial charge in [-0.25, -0.2) is 4.98 Å². The number of aromatic nitrogens is 1. The Bertz CT molecular complexity index is 787. The predicted octanol–water partition coefficient (Wildman–Crippen LogP) is 3.72. The van der Waals surface area contributed by atoms with Crippen molar-refractivity contribution in [2.24, 2.45) is 11.8 Å². The topological polar surface area (TPSA) is 94.9 Å². The molecule has 3 rings (SSSR count). The molecule has 2 saturated carbocycles. The zero-order valence-corrected chi connectivity index (χ0v) is 17.9. The lowest BCUT2D eigenvalue weighted by Gasteiger charge is -2.31. The fourth-order valence-corrected chi connectivity index (χ4v) is 4.33. The number of carbonyl (C=O) groups is 2. The molecule has 0 saturated heterocycles. The normalized spacial score (nSPS) is 18.5. The van der Waals surface area contributed by atoms with Gasteiger partial charge in [0.25, 0.3) is 5.91 Å². The van der Waals surface area contributed by atoms with Crippen LogP contribution in [0.4, 0.5) is 0 Å².